The van der Waals surface area contributed by atoms with Gasteiger partial charge in [0.2, 0.25) is 0 Å². The van der Waals surface area contributed by atoms with E-state index < -0.39 is 36.1 Å². The van der Waals surface area contributed by atoms with Gasteiger partial charge in [-0.05, 0) is 48.7 Å². The van der Waals surface area contributed by atoms with Gasteiger partial charge in [0.05, 0.1) is 15.2 Å². The van der Waals surface area contributed by atoms with Crippen LogP contribution in [0.25, 0.3) is 0 Å². The lowest BCUT2D eigenvalue weighted by molar-refractivity contribution is -0.111. The van der Waals surface area contributed by atoms with Crippen LogP contribution in [-0.2, 0) is 29.9 Å². The van der Waals surface area contributed by atoms with Crippen molar-refractivity contribution in [2.24, 2.45) is 0 Å². The second-order valence-corrected chi connectivity index (χ2v) is 13.2. The van der Waals surface area contributed by atoms with Gasteiger partial charge < -0.3 is 4.79 Å². The summed E-state index contributed by atoms with van der Waals surface area (Å²) in [5.41, 5.74) is 0.465. The Morgan fingerprint density at radius 2 is 1.00 bits per heavy atom. The molecule has 0 unspecified atom stereocenters. The van der Waals surface area contributed by atoms with Gasteiger partial charge in [0, 0.05) is 0 Å². The van der Waals surface area contributed by atoms with E-state index >= 15 is 0 Å². The zero-order valence-corrected chi connectivity index (χ0v) is 21.3. The highest BCUT2D eigenvalue weighted by Gasteiger charge is 2.47. The van der Waals surface area contributed by atoms with Crippen LogP contribution >= 0.6 is 0 Å². The van der Waals surface area contributed by atoms with Gasteiger partial charge in [0.15, 0.2) is 24.3 Å². The molecule has 0 saturated carbocycles. The molecule has 7 heteroatoms. The molecule has 0 radical (unpaired) electrons. The highest BCUT2D eigenvalue weighted by molar-refractivity contribution is 8.09. The number of benzene rings is 4. The number of rotatable bonds is 9. The van der Waals surface area contributed by atoms with Crippen LogP contribution in [0.4, 0.5) is 0 Å². The summed E-state index contributed by atoms with van der Waals surface area (Å²) in [6, 6.07) is 30.8. The fraction of sp³-hybridized carbons (Fsp3) is 0.138. The number of sulfone groups is 2. The van der Waals surface area contributed by atoms with Gasteiger partial charge in [0.25, 0.3) is 0 Å². The quantitative estimate of drug-likeness (QED) is 0.286. The standard InChI is InChI=1S/C29H26O5S2/c1-23-17-19-25(20-18-23)29(22-30,24-11-5-2-6-12-24)21-28(35(31,32)26-13-7-3-8-14-26)36(33,34)27-15-9-4-10-16-27/h2-20,22,28H,21H2,1H3/t29-/m1/s1. The van der Waals surface area contributed by atoms with Crippen LogP contribution in [-0.4, -0.2) is 27.7 Å². The number of hydrogen-bond acceptors (Lipinski definition) is 5. The van der Waals surface area contributed by atoms with E-state index in [0.717, 1.165) is 5.56 Å². The second kappa shape index (κ2) is 10.2. The number of carbonyl (C=O) groups excluding carboxylic acids is 1. The zero-order chi connectivity index (χ0) is 25.8. The minimum atomic E-state index is -4.42. The first kappa shape index (κ1) is 25.5. The second-order valence-electron chi connectivity index (χ2n) is 8.67. The zero-order valence-electron chi connectivity index (χ0n) is 19.7. The maximum atomic E-state index is 14.0. The van der Waals surface area contributed by atoms with Crippen molar-refractivity contribution in [3.05, 3.63) is 132 Å². The highest BCUT2D eigenvalue weighted by atomic mass is 32.3. The third-order valence-electron chi connectivity index (χ3n) is 6.38. The Bertz CT molecular complexity index is 1460. The molecule has 0 amide bonds. The van der Waals surface area contributed by atoms with Crippen molar-refractivity contribution in [1.29, 1.82) is 0 Å². The van der Waals surface area contributed by atoms with E-state index in [-0.39, 0.29) is 9.79 Å². The first-order chi connectivity index (χ1) is 17.2. The Morgan fingerprint density at radius 3 is 1.42 bits per heavy atom. The molecule has 184 valence electrons. The molecule has 0 aliphatic carbocycles. The minimum absolute atomic E-state index is 0.119. The van der Waals surface area contributed by atoms with Gasteiger partial charge in [-0.25, -0.2) is 16.8 Å². The van der Waals surface area contributed by atoms with Gasteiger partial charge >= 0.3 is 0 Å². The average molecular weight is 519 g/mol. The first-order valence-electron chi connectivity index (χ1n) is 11.4. The first-order valence-corrected chi connectivity index (χ1v) is 14.5. The fourth-order valence-electron chi connectivity index (χ4n) is 4.35. The molecule has 0 spiro atoms. The van der Waals surface area contributed by atoms with Crippen LogP contribution in [0.3, 0.4) is 0 Å². The Kier molecular flexibility index (Phi) is 7.24. The summed E-state index contributed by atoms with van der Waals surface area (Å²) in [6.45, 7) is 1.90. The number of aryl methyl sites for hydroxylation is 1. The van der Waals surface area contributed by atoms with Crippen molar-refractivity contribution in [1.82, 2.24) is 0 Å². The van der Waals surface area contributed by atoms with Crippen LogP contribution < -0.4 is 0 Å². The molecule has 0 aliphatic rings. The summed E-state index contributed by atoms with van der Waals surface area (Å²) in [6.07, 6.45) is 0.180. The maximum Gasteiger partial charge on any atom is 0.196 e. The maximum absolute atomic E-state index is 14.0. The molecular weight excluding hydrogens is 492 g/mol. The summed E-state index contributed by atoms with van der Waals surface area (Å²) in [4.78, 5) is 12.7. The molecule has 0 bridgehead atoms. The van der Waals surface area contributed by atoms with Gasteiger partial charge in [-0.2, -0.15) is 0 Å². The van der Waals surface area contributed by atoms with E-state index in [2.05, 4.69) is 0 Å². The Balaban J connectivity index is 2.00. The number of hydrogen-bond donors (Lipinski definition) is 0. The van der Waals surface area contributed by atoms with E-state index in [9.17, 15) is 21.6 Å². The van der Waals surface area contributed by atoms with Crippen LogP contribution in [0.5, 0.6) is 0 Å². The monoisotopic (exact) mass is 518 g/mol. The molecule has 0 saturated heterocycles. The third-order valence-corrected chi connectivity index (χ3v) is 11.5. The summed E-state index contributed by atoms with van der Waals surface area (Å²) >= 11 is 0. The minimum Gasteiger partial charge on any atom is -0.302 e. The highest BCUT2D eigenvalue weighted by Crippen LogP contribution is 2.40. The van der Waals surface area contributed by atoms with Crippen molar-refractivity contribution in [3.8, 4) is 0 Å². The Labute approximate surface area is 212 Å². The van der Waals surface area contributed by atoms with Crippen molar-refractivity contribution in [3.63, 3.8) is 0 Å². The summed E-state index contributed by atoms with van der Waals surface area (Å²) < 4.78 is 54.0. The molecule has 0 aromatic heterocycles. The van der Waals surface area contributed by atoms with Crippen molar-refractivity contribution in [2.75, 3.05) is 0 Å². The molecule has 4 rings (SSSR count). The van der Waals surface area contributed by atoms with Crippen molar-refractivity contribution in [2.45, 2.75) is 33.1 Å². The lowest BCUT2D eigenvalue weighted by Crippen LogP contribution is -2.41. The number of aldehydes is 1. The molecule has 4 aromatic rings. The van der Waals surface area contributed by atoms with Crippen LogP contribution in [0.2, 0.25) is 0 Å². The van der Waals surface area contributed by atoms with Gasteiger partial charge in [0.1, 0.15) is 6.29 Å². The van der Waals surface area contributed by atoms with Crippen molar-refractivity contribution < 1.29 is 21.6 Å². The van der Waals surface area contributed by atoms with Gasteiger partial charge in [-0.3, -0.25) is 0 Å². The van der Waals surface area contributed by atoms with Crippen LogP contribution in [0.1, 0.15) is 23.1 Å². The van der Waals surface area contributed by atoms with Crippen LogP contribution in [0, 0.1) is 6.92 Å². The Morgan fingerprint density at radius 1 is 0.611 bits per heavy atom. The Hall–Kier alpha value is -3.55. The molecule has 0 N–H and O–H groups in total. The largest absolute Gasteiger partial charge is 0.302 e. The molecule has 1 atom stereocenters. The van der Waals surface area contributed by atoms with E-state index in [1.165, 1.54) is 24.3 Å². The molecular formula is C29H26O5S2. The summed E-state index contributed by atoms with van der Waals surface area (Å²) in [5.74, 6) is 0. The average Bonchev–Trinajstić information content (AvgIpc) is 2.91. The van der Waals surface area contributed by atoms with E-state index in [1.807, 2.05) is 19.1 Å². The van der Waals surface area contributed by atoms with Crippen molar-refractivity contribution >= 4 is 26.0 Å². The van der Waals surface area contributed by atoms with E-state index in [4.69, 9.17) is 0 Å². The van der Waals surface area contributed by atoms with E-state index in [1.54, 1.807) is 78.9 Å². The lowest BCUT2D eigenvalue weighted by atomic mass is 9.73. The SMILES string of the molecule is Cc1ccc([C@@](C=O)(CC(S(=O)(=O)c2ccccc2)S(=O)(=O)c2ccccc2)c2ccccc2)cc1. The van der Waals surface area contributed by atoms with Gasteiger partial charge in [-0.15, -0.1) is 0 Å². The topological polar surface area (TPSA) is 85.3 Å². The third kappa shape index (κ3) is 4.76. The fourth-order valence-corrected chi connectivity index (χ4v) is 8.99. The summed E-state index contributed by atoms with van der Waals surface area (Å²) in [7, 11) is -8.84. The normalized spacial score (nSPS) is 13.7. The lowest BCUT2D eigenvalue weighted by Gasteiger charge is -2.33. The molecule has 36 heavy (non-hydrogen) atoms. The molecule has 0 heterocycles. The predicted molar refractivity (Wildman–Crippen MR) is 140 cm³/mol. The van der Waals surface area contributed by atoms with Crippen LogP contribution in [0.15, 0.2) is 125 Å². The smallest absolute Gasteiger partial charge is 0.196 e. The molecule has 4 aromatic carbocycles. The van der Waals surface area contributed by atoms with E-state index in [0.29, 0.717) is 17.4 Å². The predicted octanol–water partition coefficient (Wildman–Crippen LogP) is 5.14. The molecule has 0 fully saturated rings. The molecule has 5 nitrogen and oxygen atoms in total. The van der Waals surface area contributed by atoms with Gasteiger partial charge in [-0.1, -0.05) is 96.6 Å². The summed E-state index contributed by atoms with van der Waals surface area (Å²) in [5, 5.41) is 0. The molecule has 0 aliphatic heterocycles. The number of carbonyl (C=O) groups is 1.